The molecular formula is C9H17N. The molecule has 0 bridgehead atoms. The minimum absolute atomic E-state index is 0.823. The molecule has 0 aliphatic heterocycles. The van der Waals surface area contributed by atoms with Crippen LogP contribution in [0.4, 0.5) is 0 Å². The number of rotatable bonds is 1. The van der Waals surface area contributed by atoms with E-state index in [0.717, 1.165) is 24.0 Å². The maximum absolute atomic E-state index is 5.66. The van der Waals surface area contributed by atoms with Crippen LogP contribution in [-0.2, 0) is 0 Å². The molecule has 1 nitrogen and oxygen atoms in total. The second kappa shape index (κ2) is 3.09. The molecule has 10 heavy (non-hydrogen) atoms. The molecule has 1 heteroatoms. The van der Waals surface area contributed by atoms with Crippen LogP contribution in [0.1, 0.15) is 33.1 Å². The maximum atomic E-state index is 5.66. The quantitative estimate of drug-likeness (QED) is 0.592. The van der Waals surface area contributed by atoms with Gasteiger partial charge in [0.1, 0.15) is 0 Å². The summed E-state index contributed by atoms with van der Waals surface area (Å²) >= 11 is 0. The summed E-state index contributed by atoms with van der Waals surface area (Å²) in [5, 5.41) is 0. The average molecular weight is 139 g/mol. The van der Waals surface area contributed by atoms with Crippen LogP contribution >= 0.6 is 0 Å². The number of hydrogen-bond donors (Lipinski definition) is 1. The van der Waals surface area contributed by atoms with E-state index in [1.165, 1.54) is 12.8 Å². The van der Waals surface area contributed by atoms with E-state index in [1.54, 1.807) is 0 Å². The Hall–Kier alpha value is -0.460. The highest BCUT2D eigenvalue weighted by Gasteiger charge is 2.15. The minimum atomic E-state index is 0.823. The van der Waals surface area contributed by atoms with Crippen molar-refractivity contribution in [3.63, 3.8) is 0 Å². The van der Waals surface area contributed by atoms with Crippen LogP contribution in [0.15, 0.2) is 11.8 Å². The Bertz CT molecular complexity index is 136. The largest absolute Gasteiger partial charge is 0.402 e. The lowest BCUT2D eigenvalue weighted by atomic mass is 9.84. The lowest BCUT2D eigenvalue weighted by molar-refractivity contribution is 0.350. The van der Waals surface area contributed by atoms with E-state index in [2.05, 4.69) is 19.9 Å². The Morgan fingerprint density at radius 3 is 2.70 bits per heavy atom. The van der Waals surface area contributed by atoms with Crippen molar-refractivity contribution >= 4 is 0 Å². The highest BCUT2D eigenvalue weighted by atomic mass is 14.6. The maximum Gasteiger partial charge on any atom is 0.00401 e. The highest BCUT2D eigenvalue weighted by Crippen LogP contribution is 2.26. The van der Waals surface area contributed by atoms with Crippen molar-refractivity contribution in [2.75, 3.05) is 0 Å². The monoisotopic (exact) mass is 139 g/mol. The van der Waals surface area contributed by atoms with Gasteiger partial charge >= 0.3 is 0 Å². The van der Waals surface area contributed by atoms with Gasteiger partial charge in [-0.05, 0) is 31.1 Å². The first-order valence-corrected chi connectivity index (χ1v) is 4.14. The van der Waals surface area contributed by atoms with Gasteiger partial charge in [-0.1, -0.05) is 19.9 Å². The van der Waals surface area contributed by atoms with Crippen molar-refractivity contribution in [1.82, 2.24) is 0 Å². The van der Waals surface area contributed by atoms with Gasteiger partial charge in [-0.2, -0.15) is 0 Å². The Morgan fingerprint density at radius 2 is 2.30 bits per heavy atom. The van der Waals surface area contributed by atoms with Gasteiger partial charge in [-0.25, -0.2) is 0 Å². The summed E-state index contributed by atoms with van der Waals surface area (Å²) in [4.78, 5) is 0. The third-order valence-electron chi connectivity index (χ3n) is 2.43. The van der Waals surface area contributed by atoms with Crippen molar-refractivity contribution in [3.8, 4) is 0 Å². The fourth-order valence-corrected chi connectivity index (χ4v) is 1.48. The summed E-state index contributed by atoms with van der Waals surface area (Å²) in [6.45, 7) is 4.58. The summed E-state index contributed by atoms with van der Waals surface area (Å²) in [6, 6.07) is 0. The van der Waals surface area contributed by atoms with Gasteiger partial charge in [-0.15, -0.1) is 0 Å². The lowest BCUT2D eigenvalue weighted by Gasteiger charge is -2.23. The molecule has 58 valence electrons. The van der Waals surface area contributed by atoms with E-state index < -0.39 is 0 Å². The number of nitrogens with two attached hydrogens (primary N) is 1. The molecule has 1 atom stereocenters. The molecule has 0 heterocycles. The van der Waals surface area contributed by atoms with Crippen LogP contribution in [0.25, 0.3) is 0 Å². The Labute approximate surface area is 63.3 Å². The van der Waals surface area contributed by atoms with Crippen LogP contribution in [0, 0.1) is 11.8 Å². The predicted molar refractivity (Wildman–Crippen MR) is 44.4 cm³/mol. The number of allylic oxidation sites excluding steroid dienone is 2. The lowest BCUT2D eigenvalue weighted by Crippen LogP contribution is -2.14. The number of hydrogen-bond acceptors (Lipinski definition) is 1. The topological polar surface area (TPSA) is 26.0 Å². The van der Waals surface area contributed by atoms with Crippen LogP contribution in [0.5, 0.6) is 0 Å². The zero-order chi connectivity index (χ0) is 7.56. The summed E-state index contributed by atoms with van der Waals surface area (Å²) in [5.41, 5.74) is 6.75. The zero-order valence-electron chi connectivity index (χ0n) is 6.93. The molecule has 0 aromatic rings. The fraction of sp³-hybridized carbons (Fsp3) is 0.778. The van der Waals surface area contributed by atoms with Gasteiger partial charge in [0.2, 0.25) is 0 Å². The highest BCUT2D eigenvalue weighted by molar-refractivity contribution is 5.01. The third-order valence-corrected chi connectivity index (χ3v) is 2.43. The van der Waals surface area contributed by atoms with Gasteiger partial charge < -0.3 is 5.73 Å². The second-order valence-corrected chi connectivity index (χ2v) is 3.56. The first-order chi connectivity index (χ1) is 4.70. The van der Waals surface area contributed by atoms with Gasteiger partial charge in [0, 0.05) is 5.70 Å². The molecule has 1 aliphatic rings. The molecule has 0 aromatic heterocycles. The second-order valence-electron chi connectivity index (χ2n) is 3.56. The molecule has 1 rings (SSSR count). The van der Waals surface area contributed by atoms with Crippen LogP contribution < -0.4 is 5.73 Å². The van der Waals surface area contributed by atoms with Crippen LogP contribution in [-0.4, -0.2) is 0 Å². The van der Waals surface area contributed by atoms with E-state index in [0.29, 0.717) is 0 Å². The molecule has 0 fully saturated rings. The van der Waals surface area contributed by atoms with Gasteiger partial charge in [0.15, 0.2) is 0 Å². The summed E-state index contributed by atoms with van der Waals surface area (Å²) in [7, 11) is 0. The molecule has 0 spiro atoms. The van der Waals surface area contributed by atoms with Crippen molar-refractivity contribution < 1.29 is 0 Å². The zero-order valence-corrected chi connectivity index (χ0v) is 6.93. The standard InChI is InChI=1S/C9H17N/c1-7(2)8-3-5-9(10)6-4-8/h5,7-8H,3-4,6,10H2,1-2H3. The van der Waals surface area contributed by atoms with E-state index in [-0.39, 0.29) is 0 Å². The van der Waals surface area contributed by atoms with E-state index in [4.69, 9.17) is 5.73 Å². The fourth-order valence-electron chi connectivity index (χ4n) is 1.48. The SMILES string of the molecule is CC(C)C1CC=C(N)CC1. The molecule has 0 saturated carbocycles. The Morgan fingerprint density at radius 1 is 1.60 bits per heavy atom. The molecular weight excluding hydrogens is 122 g/mol. The van der Waals surface area contributed by atoms with E-state index in [9.17, 15) is 0 Å². The minimum Gasteiger partial charge on any atom is -0.402 e. The Balaban J connectivity index is 2.42. The van der Waals surface area contributed by atoms with E-state index in [1.807, 2.05) is 0 Å². The summed E-state index contributed by atoms with van der Waals surface area (Å²) in [6.07, 6.45) is 5.79. The average Bonchev–Trinajstić information content (AvgIpc) is 1.88. The van der Waals surface area contributed by atoms with Crippen molar-refractivity contribution in [1.29, 1.82) is 0 Å². The van der Waals surface area contributed by atoms with Gasteiger partial charge in [0.05, 0.1) is 0 Å². The molecule has 0 aromatic carbocycles. The molecule has 2 N–H and O–H groups in total. The van der Waals surface area contributed by atoms with Crippen LogP contribution in [0.2, 0.25) is 0 Å². The van der Waals surface area contributed by atoms with Crippen molar-refractivity contribution in [2.45, 2.75) is 33.1 Å². The van der Waals surface area contributed by atoms with Gasteiger partial charge in [0.25, 0.3) is 0 Å². The first-order valence-electron chi connectivity index (χ1n) is 4.14. The van der Waals surface area contributed by atoms with Crippen molar-refractivity contribution in [3.05, 3.63) is 11.8 Å². The third kappa shape index (κ3) is 1.76. The predicted octanol–water partition coefficient (Wildman–Crippen LogP) is 2.29. The molecule has 1 aliphatic carbocycles. The molecule has 1 unspecified atom stereocenters. The molecule has 0 radical (unpaired) electrons. The smallest absolute Gasteiger partial charge is 0.00401 e. The van der Waals surface area contributed by atoms with Gasteiger partial charge in [-0.3, -0.25) is 0 Å². The van der Waals surface area contributed by atoms with E-state index >= 15 is 0 Å². The molecule has 0 saturated heterocycles. The van der Waals surface area contributed by atoms with Crippen LogP contribution in [0.3, 0.4) is 0 Å². The summed E-state index contributed by atoms with van der Waals surface area (Å²) in [5.74, 6) is 1.71. The van der Waals surface area contributed by atoms with Crippen molar-refractivity contribution in [2.24, 2.45) is 17.6 Å². The molecule has 0 amide bonds. The Kier molecular flexibility index (Phi) is 2.36. The summed E-state index contributed by atoms with van der Waals surface area (Å²) < 4.78 is 0. The first kappa shape index (κ1) is 7.64. The normalized spacial score (nSPS) is 26.7.